The van der Waals surface area contributed by atoms with Crippen LogP contribution < -0.4 is 4.90 Å². The summed E-state index contributed by atoms with van der Waals surface area (Å²) in [5.74, 6) is 1.91. The fourth-order valence-corrected chi connectivity index (χ4v) is 5.61. The summed E-state index contributed by atoms with van der Waals surface area (Å²) in [6.07, 6.45) is 8.87. The molecule has 174 valence electrons. The highest BCUT2D eigenvalue weighted by atomic mass is 32.2. The fraction of sp³-hybridized carbons (Fsp3) is 0.348. The Kier molecular flexibility index (Phi) is 5.53. The Bertz CT molecular complexity index is 1500. The van der Waals surface area contributed by atoms with Crippen molar-refractivity contribution in [2.24, 2.45) is 4.36 Å². The van der Waals surface area contributed by atoms with Gasteiger partial charge in [0.1, 0.15) is 23.0 Å². The number of rotatable bonds is 4. The summed E-state index contributed by atoms with van der Waals surface area (Å²) in [7, 11) is -0.451. The molecular formula is C23H25N9OS. The molecule has 5 heterocycles. The molecular weight excluding hydrogens is 450 g/mol. The first-order valence-electron chi connectivity index (χ1n) is 11.1. The molecule has 5 rings (SSSR count). The monoisotopic (exact) mass is 475 g/mol. The summed E-state index contributed by atoms with van der Waals surface area (Å²) >= 11 is 0. The van der Waals surface area contributed by atoms with Crippen molar-refractivity contribution in [3.63, 3.8) is 0 Å². The zero-order chi connectivity index (χ0) is 23.9. The van der Waals surface area contributed by atoms with Crippen LogP contribution in [0.1, 0.15) is 25.5 Å². The van der Waals surface area contributed by atoms with Gasteiger partial charge in [-0.3, -0.25) is 4.68 Å². The van der Waals surface area contributed by atoms with E-state index in [2.05, 4.69) is 44.4 Å². The first-order valence-corrected chi connectivity index (χ1v) is 12.9. The average Bonchev–Trinajstić information content (AvgIpc) is 3.52. The van der Waals surface area contributed by atoms with Gasteiger partial charge in [-0.05, 0) is 26.0 Å². The highest BCUT2D eigenvalue weighted by Crippen LogP contribution is 2.29. The van der Waals surface area contributed by atoms with Gasteiger partial charge in [0.2, 0.25) is 0 Å². The van der Waals surface area contributed by atoms with Crippen LogP contribution in [-0.4, -0.2) is 65.2 Å². The van der Waals surface area contributed by atoms with E-state index in [1.807, 2.05) is 29.2 Å². The quantitative estimate of drug-likeness (QED) is 0.445. The smallest absolute Gasteiger partial charge is 0.128 e. The Balaban J connectivity index is 1.54. The molecule has 0 saturated carbocycles. The normalized spacial score (nSPS) is 15.6. The molecule has 0 amide bonds. The van der Waals surface area contributed by atoms with Crippen molar-refractivity contribution in [2.45, 2.75) is 19.9 Å². The highest BCUT2D eigenvalue weighted by Gasteiger charge is 2.22. The standard InChI is InChI=1S/C23H25N9OS/c1-16(2)31-14-19(13-27-31)20-15-32-23(18(10-24)12-28-32)22(29-20)17-4-5-21(26-11-17)30-6-8-34(33,25-3)9-7-30/h4-5,11-16H,6-9H2,1-3H3. The molecule has 1 fully saturated rings. The largest absolute Gasteiger partial charge is 0.355 e. The van der Waals surface area contributed by atoms with Crippen molar-refractivity contribution >= 4 is 21.1 Å². The number of aromatic nitrogens is 6. The third kappa shape index (κ3) is 3.90. The lowest BCUT2D eigenvalue weighted by atomic mass is 10.1. The minimum absolute atomic E-state index is 0.234. The van der Waals surface area contributed by atoms with E-state index in [0.29, 0.717) is 47.1 Å². The van der Waals surface area contributed by atoms with E-state index >= 15 is 0 Å². The van der Waals surface area contributed by atoms with E-state index in [9.17, 15) is 9.47 Å². The summed E-state index contributed by atoms with van der Waals surface area (Å²) in [5, 5.41) is 18.4. The number of nitriles is 1. The van der Waals surface area contributed by atoms with Crippen LogP contribution in [0, 0.1) is 11.3 Å². The molecule has 0 unspecified atom stereocenters. The fourth-order valence-electron chi connectivity index (χ4n) is 4.03. The van der Waals surface area contributed by atoms with E-state index in [0.717, 1.165) is 16.9 Å². The third-order valence-corrected chi connectivity index (χ3v) is 8.39. The molecule has 1 aliphatic rings. The number of hydrogen-bond acceptors (Lipinski definition) is 8. The van der Waals surface area contributed by atoms with Crippen molar-refractivity contribution in [3.05, 3.63) is 48.7 Å². The Morgan fingerprint density at radius 2 is 1.88 bits per heavy atom. The van der Waals surface area contributed by atoms with Crippen molar-refractivity contribution < 1.29 is 4.21 Å². The van der Waals surface area contributed by atoms with Gasteiger partial charge in [0, 0.05) is 70.9 Å². The van der Waals surface area contributed by atoms with E-state index < -0.39 is 9.73 Å². The Labute approximate surface area is 198 Å². The zero-order valence-corrected chi connectivity index (χ0v) is 20.1. The SMILES string of the molecule is CN=S1(=O)CCN(c2ccc(-c3nc(-c4cnn(C(C)C)c4)cn4ncc(C#N)c34)cn2)CC1. The van der Waals surface area contributed by atoms with Gasteiger partial charge in [0.05, 0.1) is 30.0 Å². The van der Waals surface area contributed by atoms with E-state index in [-0.39, 0.29) is 6.04 Å². The van der Waals surface area contributed by atoms with Crippen LogP contribution in [0.15, 0.2) is 47.5 Å². The lowest BCUT2D eigenvalue weighted by Gasteiger charge is -2.29. The topological polar surface area (TPSA) is 117 Å². The molecule has 11 heteroatoms. The summed E-state index contributed by atoms with van der Waals surface area (Å²) in [6, 6.07) is 6.34. The number of nitrogens with zero attached hydrogens (tertiary/aromatic N) is 9. The van der Waals surface area contributed by atoms with Crippen LogP contribution in [0.25, 0.3) is 28.0 Å². The van der Waals surface area contributed by atoms with Crippen LogP contribution in [-0.2, 0) is 9.73 Å². The second-order valence-electron chi connectivity index (χ2n) is 8.50. The van der Waals surface area contributed by atoms with Gasteiger partial charge in [-0.25, -0.2) is 23.1 Å². The molecule has 0 N–H and O–H groups in total. The second kappa shape index (κ2) is 8.53. The second-order valence-corrected chi connectivity index (χ2v) is 11.2. The minimum Gasteiger partial charge on any atom is -0.355 e. The van der Waals surface area contributed by atoms with Crippen molar-refractivity contribution in [1.82, 2.24) is 29.4 Å². The maximum Gasteiger partial charge on any atom is 0.128 e. The molecule has 10 nitrogen and oxygen atoms in total. The molecule has 1 saturated heterocycles. The summed E-state index contributed by atoms with van der Waals surface area (Å²) in [4.78, 5) is 11.7. The maximum absolute atomic E-state index is 12.5. The number of anilines is 1. The number of fused-ring (bicyclic) bond motifs is 1. The van der Waals surface area contributed by atoms with Crippen LogP contribution in [0.4, 0.5) is 5.82 Å². The van der Waals surface area contributed by atoms with E-state index in [1.54, 1.807) is 30.2 Å². The van der Waals surface area contributed by atoms with E-state index in [1.165, 1.54) is 0 Å². The molecule has 4 aromatic rings. The molecule has 0 aromatic carbocycles. The number of hydrogen-bond donors (Lipinski definition) is 0. The van der Waals surface area contributed by atoms with Gasteiger partial charge >= 0.3 is 0 Å². The minimum atomic E-state index is -2.08. The van der Waals surface area contributed by atoms with Gasteiger partial charge < -0.3 is 4.90 Å². The van der Waals surface area contributed by atoms with Crippen LogP contribution in [0.5, 0.6) is 0 Å². The maximum atomic E-state index is 12.5. The predicted molar refractivity (Wildman–Crippen MR) is 131 cm³/mol. The molecule has 1 aliphatic heterocycles. The Morgan fingerprint density at radius 1 is 1.09 bits per heavy atom. The zero-order valence-electron chi connectivity index (χ0n) is 19.3. The summed E-state index contributed by atoms with van der Waals surface area (Å²) in [6.45, 7) is 5.44. The molecule has 4 aromatic heterocycles. The highest BCUT2D eigenvalue weighted by molar-refractivity contribution is 7.93. The van der Waals surface area contributed by atoms with Crippen LogP contribution >= 0.6 is 0 Å². The number of pyridine rings is 1. The lowest BCUT2D eigenvalue weighted by molar-refractivity contribution is 0.532. The Hall–Kier alpha value is -3.78. The van der Waals surface area contributed by atoms with Crippen molar-refractivity contribution in [1.29, 1.82) is 5.26 Å². The van der Waals surface area contributed by atoms with Gasteiger partial charge in [-0.1, -0.05) is 0 Å². The van der Waals surface area contributed by atoms with Crippen molar-refractivity contribution in [2.75, 3.05) is 36.5 Å². The first kappa shape index (κ1) is 22.0. The molecule has 0 aliphatic carbocycles. The van der Waals surface area contributed by atoms with Gasteiger partial charge in [0.15, 0.2) is 0 Å². The molecule has 34 heavy (non-hydrogen) atoms. The molecule has 0 spiro atoms. The Morgan fingerprint density at radius 3 is 2.50 bits per heavy atom. The van der Waals surface area contributed by atoms with Crippen molar-refractivity contribution in [3.8, 4) is 28.6 Å². The molecule has 0 bridgehead atoms. The predicted octanol–water partition coefficient (Wildman–Crippen LogP) is 3.03. The molecule has 0 radical (unpaired) electrons. The van der Waals surface area contributed by atoms with Gasteiger partial charge in [-0.15, -0.1) is 0 Å². The average molecular weight is 476 g/mol. The van der Waals surface area contributed by atoms with E-state index in [4.69, 9.17) is 4.98 Å². The summed E-state index contributed by atoms with van der Waals surface area (Å²) in [5.41, 5.74) is 4.08. The first-order chi connectivity index (χ1) is 16.4. The van der Waals surface area contributed by atoms with Gasteiger partial charge in [-0.2, -0.15) is 15.5 Å². The summed E-state index contributed by atoms with van der Waals surface area (Å²) < 4.78 is 20.1. The van der Waals surface area contributed by atoms with Crippen LogP contribution in [0.3, 0.4) is 0 Å². The lowest BCUT2D eigenvalue weighted by Crippen LogP contribution is -2.40. The van der Waals surface area contributed by atoms with Crippen LogP contribution in [0.2, 0.25) is 0 Å². The molecule has 0 atom stereocenters. The third-order valence-electron chi connectivity index (χ3n) is 6.08. The van der Waals surface area contributed by atoms with Gasteiger partial charge in [0.25, 0.3) is 0 Å².